The lowest BCUT2D eigenvalue weighted by molar-refractivity contribution is 0.256. The number of ether oxygens (including phenoxy) is 2. The number of hydrogen-bond donors (Lipinski definition) is 2. The first-order valence-corrected chi connectivity index (χ1v) is 10.9. The second kappa shape index (κ2) is 7.75. The topological polar surface area (TPSA) is 176 Å². The third-order valence-electron chi connectivity index (χ3n) is 3.66. The van der Waals surface area contributed by atoms with Gasteiger partial charge in [-0.1, -0.05) is 12.1 Å². The zero-order chi connectivity index (χ0) is 22.1. The molecule has 0 saturated heterocycles. The molecular weight excluding hydrogens is 442 g/mol. The summed E-state index contributed by atoms with van der Waals surface area (Å²) in [6, 6.07) is 2.34. The molecule has 0 aliphatic carbocycles. The molecule has 2 amide bonds. The van der Waals surface area contributed by atoms with Crippen LogP contribution in [0, 0.1) is 0 Å². The van der Waals surface area contributed by atoms with Gasteiger partial charge in [0, 0.05) is 5.56 Å². The highest BCUT2D eigenvalue weighted by atomic mass is 32.2. The maximum atomic E-state index is 12.7. The van der Waals surface area contributed by atoms with Crippen LogP contribution in [0.15, 0.2) is 28.0 Å². The number of aromatic nitrogens is 3. The fourth-order valence-electron chi connectivity index (χ4n) is 2.29. The first-order valence-electron chi connectivity index (χ1n) is 7.99. The summed E-state index contributed by atoms with van der Waals surface area (Å²) in [6.07, 6.45) is 1.26. The highest BCUT2D eigenvalue weighted by Gasteiger charge is 2.31. The largest absolute Gasteiger partial charge is 0.467 e. The van der Waals surface area contributed by atoms with Crippen molar-refractivity contribution in [3.63, 3.8) is 0 Å². The molecule has 0 atom stereocenters. The Labute approximate surface area is 171 Å². The van der Waals surface area contributed by atoms with E-state index in [1.807, 2.05) is 0 Å². The summed E-state index contributed by atoms with van der Waals surface area (Å²) in [5.74, 6) is -0.772. The summed E-state index contributed by atoms with van der Waals surface area (Å²) in [5.41, 5.74) is 0.220. The number of rotatable bonds is 5. The van der Waals surface area contributed by atoms with Crippen LogP contribution in [0.3, 0.4) is 0 Å². The van der Waals surface area contributed by atoms with Gasteiger partial charge in [0.2, 0.25) is 5.95 Å². The molecule has 30 heavy (non-hydrogen) atoms. The van der Waals surface area contributed by atoms with Gasteiger partial charge in [0.25, 0.3) is 10.0 Å². The van der Waals surface area contributed by atoms with Crippen LogP contribution in [0.4, 0.5) is 10.7 Å². The minimum absolute atomic E-state index is 0.0898. The number of benzene rings is 1. The van der Waals surface area contributed by atoms with Gasteiger partial charge in [-0.3, -0.25) is 5.32 Å². The molecule has 0 fully saturated rings. The number of carbonyl (C=O) groups is 1. The number of nitrogens with zero attached hydrogens (tertiary/aromatic N) is 3. The van der Waals surface area contributed by atoms with Crippen molar-refractivity contribution in [2.24, 2.45) is 0 Å². The third-order valence-corrected chi connectivity index (χ3v) is 6.30. The predicted octanol–water partition coefficient (Wildman–Crippen LogP) is 0.482. The lowest BCUT2D eigenvalue weighted by Crippen LogP contribution is -2.35. The highest BCUT2D eigenvalue weighted by Crippen LogP contribution is 2.36. The molecule has 2 aromatic rings. The summed E-state index contributed by atoms with van der Waals surface area (Å²) in [7, 11) is -6.13. The molecule has 3 rings (SSSR count). The van der Waals surface area contributed by atoms with Gasteiger partial charge in [-0.05, 0) is 19.1 Å². The van der Waals surface area contributed by atoms with Crippen LogP contribution in [-0.4, -0.2) is 52.0 Å². The maximum Gasteiger partial charge on any atom is 0.335 e. The van der Waals surface area contributed by atoms with E-state index in [2.05, 4.69) is 20.3 Å². The van der Waals surface area contributed by atoms with Gasteiger partial charge in [0.15, 0.2) is 5.75 Å². The van der Waals surface area contributed by atoms with Crippen LogP contribution < -0.4 is 23.7 Å². The molecule has 0 radical (unpaired) electrons. The van der Waals surface area contributed by atoms with Crippen molar-refractivity contribution in [2.45, 2.75) is 11.8 Å². The number of sulfonamides is 1. The summed E-state index contributed by atoms with van der Waals surface area (Å²) < 4.78 is 65.6. The molecule has 2 heterocycles. The molecule has 15 heteroatoms. The molecule has 0 spiro atoms. The van der Waals surface area contributed by atoms with Crippen molar-refractivity contribution in [3.8, 4) is 17.8 Å². The number of para-hydroxylation sites is 1. The summed E-state index contributed by atoms with van der Waals surface area (Å²) in [6.45, 7) is 1.31. The van der Waals surface area contributed by atoms with Gasteiger partial charge in [-0.25, -0.2) is 17.9 Å². The van der Waals surface area contributed by atoms with Crippen LogP contribution in [0.25, 0.3) is 6.08 Å². The van der Waals surface area contributed by atoms with Gasteiger partial charge < -0.3 is 13.7 Å². The zero-order valence-corrected chi connectivity index (χ0v) is 17.4. The molecule has 2 N–H and O–H groups in total. The average molecular weight is 457 g/mol. The standard InChI is InChI=1S/C15H15N5O8S2/c1-8-7-9-5-4-6-10(11(9)28-30(8,24)25)29(22,23)20-13(21)16-12-17-14(26-2)19-15(18-12)27-3/h4-7H,1-3H3,(H2,16,17,18,19,20,21). The Hall–Kier alpha value is -3.46. The normalized spacial score (nSPS) is 14.6. The SMILES string of the molecule is COc1nc(NC(=O)NS(=O)(=O)c2cccc3c2OS(=O)(=O)C(C)=C3)nc(OC)n1. The number of methoxy groups -OCH3 is 2. The molecule has 0 saturated carbocycles. The zero-order valence-electron chi connectivity index (χ0n) is 15.7. The monoisotopic (exact) mass is 457 g/mol. The molecule has 0 unspecified atom stereocenters. The van der Waals surface area contributed by atoms with Crippen LogP contribution in [0.1, 0.15) is 12.5 Å². The molecule has 1 aliphatic heterocycles. The van der Waals surface area contributed by atoms with E-state index in [1.165, 1.54) is 39.4 Å². The van der Waals surface area contributed by atoms with Crippen LogP contribution in [-0.2, 0) is 20.1 Å². The van der Waals surface area contributed by atoms with Crippen LogP contribution in [0.5, 0.6) is 17.8 Å². The van der Waals surface area contributed by atoms with E-state index < -0.39 is 36.8 Å². The van der Waals surface area contributed by atoms with E-state index in [0.717, 1.165) is 6.07 Å². The predicted molar refractivity (Wildman–Crippen MR) is 102 cm³/mol. The first kappa shape index (κ1) is 21.3. The maximum absolute atomic E-state index is 12.7. The van der Waals surface area contributed by atoms with Gasteiger partial charge in [-0.2, -0.15) is 18.4 Å². The van der Waals surface area contributed by atoms with E-state index in [1.54, 1.807) is 4.72 Å². The fourth-order valence-corrected chi connectivity index (χ4v) is 4.22. The number of fused-ring (bicyclic) bond motifs is 1. The third kappa shape index (κ3) is 4.25. The second-order valence-electron chi connectivity index (χ2n) is 5.66. The number of amides is 2. The number of anilines is 1. The van der Waals surface area contributed by atoms with E-state index in [0.29, 0.717) is 0 Å². The van der Waals surface area contributed by atoms with Crippen molar-refractivity contribution in [3.05, 3.63) is 28.7 Å². The minimum Gasteiger partial charge on any atom is -0.467 e. The van der Waals surface area contributed by atoms with E-state index in [-0.39, 0.29) is 28.4 Å². The molecule has 1 aromatic heterocycles. The first-order chi connectivity index (χ1) is 14.1. The Morgan fingerprint density at radius 1 is 1.10 bits per heavy atom. The number of allylic oxidation sites excluding steroid dienone is 1. The van der Waals surface area contributed by atoms with Crippen LogP contribution in [0.2, 0.25) is 0 Å². The van der Waals surface area contributed by atoms with Gasteiger partial charge >= 0.3 is 28.2 Å². The number of nitrogens with one attached hydrogen (secondary N) is 2. The van der Waals surface area contributed by atoms with Crippen molar-refractivity contribution < 1.29 is 35.3 Å². The van der Waals surface area contributed by atoms with Crippen molar-refractivity contribution in [1.29, 1.82) is 0 Å². The number of urea groups is 1. The second-order valence-corrected chi connectivity index (χ2v) is 9.03. The van der Waals surface area contributed by atoms with E-state index in [4.69, 9.17) is 13.7 Å². The van der Waals surface area contributed by atoms with Gasteiger partial charge in [-0.15, -0.1) is 4.98 Å². The van der Waals surface area contributed by atoms with Crippen molar-refractivity contribution in [2.75, 3.05) is 19.5 Å². The van der Waals surface area contributed by atoms with Gasteiger partial charge in [0.05, 0.1) is 19.1 Å². The molecule has 160 valence electrons. The summed E-state index contributed by atoms with van der Waals surface area (Å²) >= 11 is 0. The number of hydrogen-bond acceptors (Lipinski definition) is 11. The molecule has 13 nitrogen and oxygen atoms in total. The summed E-state index contributed by atoms with van der Waals surface area (Å²) in [4.78, 5) is 22.8. The highest BCUT2D eigenvalue weighted by molar-refractivity contribution is 7.91. The molecule has 1 aliphatic rings. The Morgan fingerprint density at radius 3 is 2.33 bits per heavy atom. The molecule has 1 aromatic carbocycles. The number of carbonyl (C=O) groups excluding carboxylic acids is 1. The Morgan fingerprint density at radius 2 is 1.73 bits per heavy atom. The van der Waals surface area contributed by atoms with Crippen molar-refractivity contribution in [1.82, 2.24) is 19.7 Å². The average Bonchev–Trinajstić information content (AvgIpc) is 2.67. The fraction of sp³-hybridized carbons (Fsp3) is 0.200. The Kier molecular flexibility index (Phi) is 5.49. The molecule has 0 bridgehead atoms. The lowest BCUT2D eigenvalue weighted by atomic mass is 10.2. The van der Waals surface area contributed by atoms with Gasteiger partial charge in [0.1, 0.15) is 4.90 Å². The van der Waals surface area contributed by atoms with Crippen molar-refractivity contribution >= 4 is 38.2 Å². The van der Waals surface area contributed by atoms with E-state index >= 15 is 0 Å². The van der Waals surface area contributed by atoms with Crippen LogP contribution >= 0.6 is 0 Å². The minimum atomic E-state index is -4.53. The smallest absolute Gasteiger partial charge is 0.335 e. The summed E-state index contributed by atoms with van der Waals surface area (Å²) in [5, 5.41) is 2.10. The lowest BCUT2D eigenvalue weighted by Gasteiger charge is -2.18. The Balaban J connectivity index is 1.88. The van der Waals surface area contributed by atoms with E-state index in [9.17, 15) is 21.6 Å². The molecular formula is C15H15N5O8S2. The Bertz CT molecular complexity index is 1240. The quantitative estimate of drug-likeness (QED) is 0.597.